The lowest BCUT2D eigenvalue weighted by molar-refractivity contribution is -0.120. The van der Waals surface area contributed by atoms with E-state index in [4.69, 9.17) is 0 Å². The van der Waals surface area contributed by atoms with Crippen molar-refractivity contribution in [1.82, 2.24) is 9.29 Å². The van der Waals surface area contributed by atoms with Gasteiger partial charge in [0.25, 0.3) is 0 Å². The van der Waals surface area contributed by atoms with Gasteiger partial charge >= 0.3 is 0 Å². The molecular formula is C21H25N3O3S2. The number of fused-ring (bicyclic) bond motifs is 3. The molecule has 3 aromatic rings. The molecule has 1 saturated heterocycles. The zero-order chi connectivity index (χ0) is 20.4. The maximum atomic E-state index is 12.7. The molecule has 6 nitrogen and oxygen atoms in total. The molecule has 1 aliphatic heterocycles. The summed E-state index contributed by atoms with van der Waals surface area (Å²) in [5.41, 5.74) is 0.903. The highest BCUT2D eigenvalue weighted by Crippen LogP contribution is 2.32. The van der Waals surface area contributed by atoms with Crippen molar-refractivity contribution in [1.29, 1.82) is 0 Å². The quantitative estimate of drug-likeness (QED) is 0.633. The van der Waals surface area contributed by atoms with Crippen molar-refractivity contribution in [3.05, 3.63) is 36.4 Å². The van der Waals surface area contributed by atoms with Crippen molar-refractivity contribution in [3.8, 4) is 0 Å². The summed E-state index contributed by atoms with van der Waals surface area (Å²) >= 11 is 1.47. The second-order valence-electron chi connectivity index (χ2n) is 7.48. The summed E-state index contributed by atoms with van der Waals surface area (Å²) in [6.07, 6.45) is 2.63. The highest BCUT2D eigenvalue weighted by molar-refractivity contribution is 7.89. The van der Waals surface area contributed by atoms with Crippen LogP contribution in [0, 0.1) is 5.92 Å². The molecular weight excluding hydrogens is 406 g/mol. The first-order chi connectivity index (χ1) is 14.0. The van der Waals surface area contributed by atoms with Gasteiger partial charge in [-0.15, -0.1) is 0 Å². The van der Waals surface area contributed by atoms with Gasteiger partial charge in [0.05, 0.1) is 16.0 Å². The van der Waals surface area contributed by atoms with Gasteiger partial charge in [-0.2, -0.15) is 0 Å². The number of aromatic nitrogens is 1. The van der Waals surface area contributed by atoms with E-state index in [2.05, 4.69) is 22.4 Å². The lowest BCUT2D eigenvalue weighted by atomic mass is 9.97. The van der Waals surface area contributed by atoms with E-state index in [1.165, 1.54) is 15.6 Å². The average molecular weight is 432 g/mol. The number of thiazole rings is 1. The van der Waals surface area contributed by atoms with Crippen LogP contribution >= 0.6 is 11.3 Å². The number of piperidine rings is 1. The second kappa shape index (κ2) is 8.38. The van der Waals surface area contributed by atoms with Crippen LogP contribution in [0.5, 0.6) is 0 Å². The Morgan fingerprint density at radius 2 is 1.97 bits per heavy atom. The summed E-state index contributed by atoms with van der Waals surface area (Å²) < 4.78 is 27.2. The van der Waals surface area contributed by atoms with E-state index < -0.39 is 10.0 Å². The number of nitrogens with zero attached hydrogens (tertiary/aromatic N) is 2. The monoisotopic (exact) mass is 431 g/mol. The van der Waals surface area contributed by atoms with E-state index in [1.54, 1.807) is 0 Å². The van der Waals surface area contributed by atoms with Crippen molar-refractivity contribution < 1.29 is 13.2 Å². The lowest BCUT2D eigenvalue weighted by Crippen LogP contribution is -2.42. The number of rotatable bonds is 6. The number of hydrogen-bond donors (Lipinski definition) is 1. The maximum Gasteiger partial charge on any atom is 0.229 e. The van der Waals surface area contributed by atoms with Crippen LogP contribution in [-0.2, 0) is 14.8 Å². The summed E-state index contributed by atoms with van der Waals surface area (Å²) in [5.74, 6) is -0.0598. The van der Waals surface area contributed by atoms with Gasteiger partial charge in [-0.05, 0) is 30.7 Å². The maximum absolute atomic E-state index is 12.7. The molecule has 2 heterocycles. The van der Waals surface area contributed by atoms with Gasteiger partial charge in [0.2, 0.25) is 15.9 Å². The number of sulfonamides is 1. The first-order valence-electron chi connectivity index (χ1n) is 10.0. The summed E-state index contributed by atoms with van der Waals surface area (Å²) in [5, 5.41) is 5.75. The fraction of sp³-hybridized carbons (Fsp3) is 0.429. The van der Waals surface area contributed by atoms with Crippen LogP contribution in [0.15, 0.2) is 36.4 Å². The summed E-state index contributed by atoms with van der Waals surface area (Å²) in [7, 11) is -3.20. The number of amides is 1. The van der Waals surface area contributed by atoms with Crippen molar-refractivity contribution >= 4 is 53.4 Å². The standard InChI is InChI=1S/C21H25N3O3S2/c1-2-3-14-29(26,27)24-12-10-16(11-13-24)20(25)23-21-22-19-17-7-5-4-6-15(17)8-9-18(19)28-21/h4-9,16H,2-3,10-14H2,1H3,(H,22,23,25). The molecule has 154 valence electrons. The number of hydrogen-bond acceptors (Lipinski definition) is 5. The summed E-state index contributed by atoms with van der Waals surface area (Å²) in [6.45, 7) is 2.81. The Bertz CT molecular complexity index is 1130. The van der Waals surface area contributed by atoms with Crippen LogP contribution in [0.1, 0.15) is 32.6 Å². The Morgan fingerprint density at radius 1 is 1.21 bits per heavy atom. The van der Waals surface area contributed by atoms with Gasteiger partial charge in [-0.1, -0.05) is 55.0 Å². The van der Waals surface area contributed by atoms with Crippen LogP contribution in [0.2, 0.25) is 0 Å². The Hall–Kier alpha value is -2.03. The van der Waals surface area contributed by atoms with E-state index in [9.17, 15) is 13.2 Å². The third-order valence-corrected chi connectivity index (χ3v) is 8.38. The van der Waals surface area contributed by atoms with E-state index in [1.807, 2.05) is 31.2 Å². The average Bonchev–Trinajstić information content (AvgIpc) is 3.15. The highest BCUT2D eigenvalue weighted by atomic mass is 32.2. The number of carbonyl (C=O) groups excluding carboxylic acids is 1. The number of unbranched alkanes of at least 4 members (excludes halogenated alkanes) is 1. The third kappa shape index (κ3) is 4.29. The first kappa shape index (κ1) is 20.3. The fourth-order valence-corrected chi connectivity index (χ4v) is 6.34. The molecule has 1 aromatic heterocycles. The van der Waals surface area contributed by atoms with Gasteiger partial charge in [-0.25, -0.2) is 17.7 Å². The minimum Gasteiger partial charge on any atom is -0.302 e. The Balaban J connectivity index is 1.42. The normalized spacial score (nSPS) is 16.4. The Morgan fingerprint density at radius 3 is 2.72 bits per heavy atom. The molecule has 1 aliphatic rings. The molecule has 4 rings (SSSR count). The van der Waals surface area contributed by atoms with E-state index >= 15 is 0 Å². The number of benzene rings is 2. The molecule has 29 heavy (non-hydrogen) atoms. The van der Waals surface area contributed by atoms with Gasteiger partial charge in [0.1, 0.15) is 0 Å². The molecule has 0 unspecified atom stereocenters. The minimum absolute atomic E-state index is 0.0704. The predicted octanol–water partition coefficient (Wildman–Crippen LogP) is 4.23. The van der Waals surface area contributed by atoms with Crippen LogP contribution in [0.3, 0.4) is 0 Å². The molecule has 0 bridgehead atoms. The van der Waals surface area contributed by atoms with E-state index in [0.717, 1.165) is 27.4 Å². The van der Waals surface area contributed by atoms with Crippen LogP contribution in [-0.4, -0.2) is 42.5 Å². The third-order valence-electron chi connectivity index (χ3n) is 5.49. The SMILES string of the molecule is CCCCS(=O)(=O)N1CCC(C(=O)Nc2nc3c(ccc4ccccc43)s2)CC1. The molecule has 0 radical (unpaired) electrons. The minimum atomic E-state index is -3.20. The van der Waals surface area contributed by atoms with Crippen molar-refractivity contribution in [3.63, 3.8) is 0 Å². The topological polar surface area (TPSA) is 79.4 Å². The van der Waals surface area contributed by atoms with Crippen molar-refractivity contribution in [2.45, 2.75) is 32.6 Å². The number of nitrogens with one attached hydrogen (secondary N) is 1. The second-order valence-corrected chi connectivity index (χ2v) is 10.6. The molecule has 0 saturated carbocycles. The van der Waals surface area contributed by atoms with E-state index in [0.29, 0.717) is 37.5 Å². The first-order valence-corrected chi connectivity index (χ1v) is 12.5. The molecule has 0 spiro atoms. The van der Waals surface area contributed by atoms with Crippen LogP contribution < -0.4 is 5.32 Å². The van der Waals surface area contributed by atoms with Gasteiger partial charge in [0.15, 0.2) is 5.13 Å². The van der Waals surface area contributed by atoms with Gasteiger partial charge < -0.3 is 5.32 Å². The van der Waals surface area contributed by atoms with Crippen molar-refractivity contribution in [2.24, 2.45) is 5.92 Å². The molecule has 0 atom stereocenters. The van der Waals surface area contributed by atoms with Crippen LogP contribution in [0.4, 0.5) is 5.13 Å². The lowest BCUT2D eigenvalue weighted by Gasteiger charge is -2.30. The van der Waals surface area contributed by atoms with E-state index in [-0.39, 0.29) is 17.6 Å². The molecule has 1 N–H and O–H groups in total. The molecule has 1 amide bonds. The Kier molecular flexibility index (Phi) is 5.85. The molecule has 0 aliphatic carbocycles. The largest absolute Gasteiger partial charge is 0.302 e. The summed E-state index contributed by atoms with van der Waals surface area (Å²) in [6, 6.07) is 12.2. The molecule has 8 heteroatoms. The molecule has 1 fully saturated rings. The van der Waals surface area contributed by atoms with Gasteiger partial charge in [-0.3, -0.25) is 4.79 Å². The zero-order valence-corrected chi connectivity index (χ0v) is 18.1. The molecule has 2 aromatic carbocycles. The summed E-state index contributed by atoms with van der Waals surface area (Å²) in [4.78, 5) is 17.4. The van der Waals surface area contributed by atoms with Crippen LogP contribution in [0.25, 0.3) is 21.0 Å². The fourth-order valence-electron chi connectivity index (χ4n) is 3.77. The Labute approximate surface area is 175 Å². The smallest absolute Gasteiger partial charge is 0.229 e. The predicted molar refractivity (Wildman–Crippen MR) is 119 cm³/mol. The highest BCUT2D eigenvalue weighted by Gasteiger charge is 2.31. The van der Waals surface area contributed by atoms with Crippen molar-refractivity contribution in [2.75, 3.05) is 24.2 Å². The van der Waals surface area contributed by atoms with Gasteiger partial charge in [0, 0.05) is 24.4 Å². The zero-order valence-electron chi connectivity index (χ0n) is 16.4. The number of carbonyl (C=O) groups is 1. The number of anilines is 1.